The van der Waals surface area contributed by atoms with Crippen molar-refractivity contribution in [1.29, 1.82) is 0 Å². The number of nitrogens with zero attached hydrogens (tertiary/aromatic N) is 2. The molecule has 0 bridgehead atoms. The molecule has 0 aromatic heterocycles. The lowest BCUT2D eigenvalue weighted by molar-refractivity contribution is 0.201. The maximum absolute atomic E-state index is 13.2. The van der Waals surface area contributed by atoms with Crippen molar-refractivity contribution in [2.24, 2.45) is 5.92 Å². The average molecular weight is 339 g/mol. The van der Waals surface area contributed by atoms with E-state index >= 15 is 0 Å². The van der Waals surface area contributed by atoms with E-state index in [1.54, 1.807) is 6.07 Å². The highest BCUT2D eigenvalue weighted by atomic mass is 19.2. The molecule has 24 heavy (non-hydrogen) atoms. The Morgan fingerprint density at radius 2 is 2.12 bits per heavy atom. The second kappa shape index (κ2) is 8.42. The Morgan fingerprint density at radius 3 is 2.79 bits per heavy atom. The number of hydrogen-bond donors (Lipinski definition) is 1. The van der Waals surface area contributed by atoms with Crippen molar-refractivity contribution in [3.05, 3.63) is 35.4 Å². The smallest absolute Gasteiger partial charge is 0.317 e. The highest BCUT2D eigenvalue weighted by Crippen LogP contribution is 2.17. The van der Waals surface area contributed by atoms with Gasteiger partial charge in [0.1, 0.15) is 0 Å². The lowest BCUT2D eigenvalue weighted by Crippen LogP contribution is -2.43. The number of hydrogen-bond acceptors (Lipinski definition) is 2. The van der Waals surface area contributed by atoms with Crippen LogP contribution in [0.15, 0.2) is 18.2 Å². The van der Waals surface area contributed by atoms with Gasteiger partial charge in [-0.05, 0) is 63.9 Å². The van der Waals surface area contributed by atoms with Crippen LogP contribution in [0.2, 0.25) is 0 Å². The summed E-state index contributed by atoms with van der Waals surface area (Å²) in [5.74, 6) is -1.13. The van der Waals surface area contributed by atoms with Gasteiger partial charge in [0.2, 0.25) is 0 Å². The summed E-state index contributed by atoms with van der Waals surface area (Å²) in [5, 5.41) is 3.00. The minimum absolute atomic E-state index is 0.0153. The first kappa shape index (κ1) is 18.6. The first-order valence-corrected chi connectivity index (χ1v) is 8.49. The minimum atomic E-state index is -0.832. The van der Waals surface area contributed by atoms with Crippen LogP contribution in [0.5, 0.6) is 0 Å². The Bertz CT molecular complexity index is 565. The van der Waals surface area contributed by atoms with Gasteiger partial charge in [-0.25, -0.2) is 13.6 Å². The second-order valence-electron chi connectivity index (χ2n) is 7.00. The fourth-order valence-electron chi connectivity index (χ4n) is 3.14. The van der Waals surface area contributed by atoms with Crippen molar-refractivity contribution < 1.29 is 13.6 Å². The Hall–Kier alpha value is -1.69. The molecule has 1 aromatic carbocycles. The van der Waals surface area contributed by atoms with Crippen molar-refractivity contribution in [3.63, 3.8) is 0 Å². The zero-order valence-electron chi connectivity index (χ0n) is 14.7. The van der Waals surface area contributed by atoms with E-state index in [2.05, 4.69) is 10.2 Å². The third kappa shape index (κ3) is 5.44. The predicted molar refractivity (Wildman–Crippen MR) is 90.9 cm³/mol. The standard InChI is InChI=1S/C18H27F2N3O/c1-13(4-5-14-6-7-16(19)17(20)10-14)21-18(24)23-9-8-15(12-23)11-22(2)3/h6-7,10,13,15H,4-5,8-9,11-12H2,1-3H3,(H,21,24)/t13-,15-/m0/s1. The van der Waals surface area contributed by atoms with Crippen LogP contribution in [0.25, 0.3) is 0 Å². The SMILES string of the molecule is C[C@@H](CCc1ccc(F)c(F)c1)NC(=O)N1CC[C@@H](CN(C)C)C1. The fraction of sp³-hybridized carbons (Fsp3) is 0.611. The number of aryl methyl sites for hydroxylation is 1. The van der Waals surface area contributed by atoms with Crippen LogP contribution in [-0.2, 0) is 6.42 Å². The van der Waals surface area contributed by atoms with Crippen LogP contribution < -0.4 is 5.32 Å². The van der Waals surface area contributed by atoms with Crippen molar-refractivity contribution in [3.8, 4) is 0 Å². The average Bonchev–Trinajstić information content (AvgIpc) is 2.96. The van der Waals surface area contributed by atoms with Gasteiger partial charge in [-0.1, -0.05) is 6.07 Å². The summed E-state index contributed by atoms with van der Waals surface area (Å²) in [6.07, 6.45) is 2.32. The van der Waals surface area contributed by atoms with E-state index in [9.17, 15) is 13.6 Å². The van der Waals surface area contributed by atoms with E-state index in [-0.39, 0.29) is 12.1 Å². The number of nitrogens with one attached hydrogen (secondary N) is 1. The molecule has 1 aliphatic rings. The highest BCUT2D eigenvalue weighted by Gasteiger charge is 2.26. The molecule has 4 nitrogen and oxygen atoms in total. The molecule has 2 atom stereocenters. The van der Waals surface area contributed by atoms with Gasteiger partial charge in [0, 0.05) is 25.7 Å². The number of likely N-dealkylation sites (tertiary alicyclic amines) is 1. The highest BCUT2D eigenvalue weighted by molar-refractivity contribution is 5.74. The Balaban J connectivity index is 1.74. The summed E-state index contributed by atoms with van der Waals surface area (Å²) >= 11 is 0. The molecule has 2 amide bonds. The van der Waals surface area contributed by atoms with Crippen LogP contribution in [0.1, 0.15) is 25.3 Å². The number of carbonyl (C=O) groups is 1. The third-order valence-corrected chi connectivity index (χ3v) is 4.42. The van der Waals surface area contributed by atoms with E-state index < -0.39 is 11.6 Å². The molecule has 0 spiro atoms. The van der Waals surface area contributed by atoms with Gasteiger partial charge in [-0.15, -0.1) is 0 Å². The van der Waals surface area contributed by atoms with Crippen molar-refractivity contribution in [1.82, 2.24) is 15.1 Å². The first-order valence-electron chi connectivity index (χ1n) is 8.49. The van der Waals surface area contributed by atoms with Gasteiger partial charge in [0.05, 0.1) is 0 Å². The van der Waals surface area contributed by atoms with Crippen LogP contribution in [0.4, 0.5) is 13.6 Å². The number of amides is 2. The van der Waals surface area contributed by atoms with Crippen LogP contribution >= 0.6 is 0 Å². The summed E-state index contributed by atoms with van der Waals surface area (Å²) in [4.78, 5) is 16.3. The van der Waals surface area contributed by atoms with Crippen molar-refractivity contribution >= 4 is 6.03 Å². The number of urea groups is 1. The van der Waals surface area contributed by atoms with E-state index in [1.807, 2.05) is 25.9 Å². The molecule has 0 saturated carbocycles. The van der Waals surface area contributed by atoms with Crippen LogP contribution in [-0.4, -0.2) is 55.6 Å². The van der Waals surface area contributed by atoms with E-state index in [1.165, 1.54) is 6.07 Å². The largest absolute Gasteiger partial charge is 0.336 e. The second-order valence-corrected chi connectivity index (χ2v) is 7.00. The Kier molecular flexibility index (Phi) is 6.54. The number of benzene rings is 1. The summed E-state index contributed by atoms with van der Waals surface area (Å²) in [5.41, 5.74) is 0.738. The maximum Gasteiger partial charge on any atom is 0.317 e. The summed E-state index contributed by atoms with van der Waals surface area (Å²) in [6, 6.07) is 3.89. The lowest BCUT2D eigenvalue weighted by Gasteiger charge is -2.22. The van der Waals surface area contributed by atoms with Gasteiger partial charge in [-0.3, -0.25) is 0 Å². The van der Waals surface area contributed by atoms with Crippen molar-refractivity contribution in [2.75, 3.05) is 33.7 Å². The number of halogens is 2. The van der Waals surface area contributed by atoms with Gasteiger partial charge in [-0.2, -0.15) is 0 Å². The summed E-state index contributed by atoms with van der Waals surface area (Å²) in [6.45, 7) is 4.51. The molecule has 1 aliphatic heterocycles. The first-order chi connectivity index (χ1) is 11.3. The molecular formula is C18H27F2N3O. The number of rotatable bonds is 6. The normalized spacial score (nSPS) is 18.9. The van der Waals surface area contributed by atoms with Gasteiger partial charge >= 0.3 is 6.03 Å². The molecule has 1 aromatic rings. The summed E-state index contributed by atoms with van der Waals surface area (Å²) in [7, 11) is 4.09. The molecule has 0 radical (unpaired) electrons. The topological polar surface area (TPSA) is 35.6 Å². The molecule has 1 N–H and O–H groups in total. The van der Waals surface area contributed by atoms with Crippen molar-refractivity contribution in [2.45, 2.75) is 32.2 Å². The predicted octanol–water partition coefficient (Wildman–Crippen LogP) is 2.88. The Labute approximate surface area is 142 Å². The van der Waals surface area contributed by atoms with Gasteiger partial charge in [0.15, 0.2) is 11.6 Å². The molecule has 1 heterocycles. The maximum atomic E-state index is 13.2. The molecule has 0 aliphatic carbocycles. The molecule has 1 fully saturated rings. The van der Waals surface area contributed by atoms with Crippen LogP contribution in [0, 0.1) is 17.6 Å². The monoisotopic (exact) mass is 339 g/mol. The van der Waals surface area contributed by atoms with E-state index in [0.29, 0.717) is 18.8 Å². The molecule has 2 rings (SSSR count). The minimum Gasteiger partial charge on any atom is -0.336 e. The van der Waals surface area contributed by atoms with E-state index in [0.717, 1.165) is 37.7 Å². The zero-order chi connectivity index (χ0) is 17.7. The molecule has 0 unspecified atom stereocenters. The van der Waals surface area contributed by atoms with E-state index in [4.69, 9.17) is 0 Å². The van der Waals surface area contributed by atoms with Gasteiger partial charge < -0.3 is 15.1 Å². The fourth-order valence-corrected chi connectivity index (χ4v) is 3.14. The molecule has 6 heteroatoms. The van der Waals surface area contributed by atoms with Gasteiger partial charge in [0.25, 0.3) is 0 Å². The summed E-state index contributed by atoms with van der Waals surface area (Å²) < 4.78 is 26.1. The quantitative estimate of drug-likeness (QED) is 0.865. The zero-order valence-corrected chi connectivity index (χ0v) is 14.7. The number of carbonyl (C=O) groups excluding carboxylic acids is 1. The van der Waals surface area contributed by atoms with Crippen LogP contribution in [0.3, 0.4) is 0 Å². The molecular weight excluding hydrogens is 312 g/mol. The third-order valence-electron chi connectivity index (χ3n) is 4.42. The molecule has 1 saturated heterocycles. The lowest BCUT2D eigenvalue weighted by atomic mass is 10.1. The Morgan fingerprint density at radius 1 is 1.38 bits per heavy atom. The molecule has 134 valence electrons.